The lowest BCUT2D eigenvalue weighted by molar-refractivity contribution is -0.870. The van der Waals surface area contributed by atoms with Crippen molar-refractivity contribution in [1.29, 1.82) is 0 Å². The summed E-state index contributed by atoms with van der Waals surface area (Å²) in [5.41, 5.74) is 0. The van der Waals surface area contributed by atoms with Crippen LogP contribution in [-0.2, 0) is 33.3 Å². The molecule has 0 aromatic carbocycles. The highest BCUT2D eigenvalue weighted by Gasteiger charge is 2.22. The lowest BCUT2D eigenvalue weighted by Crippen LogP contribution is -2.44. The van der Waals surface area contributed by atoms with E-state index in [4.69, 9.17) is 18.9 Å². The fraction of sp³-hybridized carbons (Fsp3) is 0.952. The largest absolute Gasteiger partial charge is 0.545 e. The van der Waals surface area contributed by atoms with Crippen LogP contribution in [0.2, 0.25) is 0 Å². The molecule has 2 unspecified atom stereocenters. The molecule has 422 valence electrons. The van der Waals surface area contributed by atoms with Crippen molar-refractivity contribution in [2.45, 2.75) is 334 Å². The van der Waals surface area contributed by atoms with Gasteiger partial charge in [-0.1, -0.05) is 296 Å². The molecule has 0 aliphatic carbocycles. The molecule has 0 saturated heterocycles. The van der Waals surface area contributed by atoms with Crippen molar-refractivity contribution in [2.24, 2.45) is 0 Å². The van der Waals surface area contributed by atoms with Gasteiger partial charge in [0, 0.05) is 12.8 Å². The number of unbranched alkanes of at least 4 members (excludes halogenated alkanes) is 44. The van der Waals surface area contributed by atoms with Gasteiger partial charge in [-0.25, -0.2) is 0 Å². The summed E-state index contributed by atoms with van der Waals surface area (Å²) in [6.07, 6.45) is 59.0. The predicted octanol–water partition coefficient (Wildman–Crippen LogP) is 17.0. The van der Waals surface area contributed by atoms with E-state index < -0.39 is 24.3 Å². The first kappa shape index (κ1) is 69.3. The van der Waals surface area contributed by atoms with E-state index in [1.807, 2.05) is 21.1 Å². The molecule has 9 heteroatoms. The van der Waals surface area contributed by atoms with E-state index in [0.717, 1.165) is 38.5 Å². The first-order chi connectivity index (χ1) is 34.6. The van der Waals surface area contributed by atoms with E-state index in [-0.39, 0.29) is 32.2 Å². The normalized spacial score (nSPS) is 12.6. The number of rotatable bonds is 59. The summed E-state index contributed by atoms with van der Waals surface area (Å²) >= 11 is 0. The third-order valence-corrected chi connectivity index (χ3v) is 14.4. The van der Waals surface area contributed by atoms with E-state index in [2.05, 4.69) is 13.8 Å². The summed E-state index contributed by atoms with van der Waals surface area (Å²) < 4.78 is 22.7. The monoisotopic (exact) mass is 1010 g/mol. The third kappa shape index (κ3) is 55.9. The molecule has 9 nitrogen and oxygen atoms in total. The van der Waals surface area contributed by atoms with E-state index in [9.17, 15) is 19.5 Å². The SMILES string of the molecule is CCCCCCCCCCCCCCCCCCCCCCCCCCCCCCCCCCCC(=O)OC(COC(=O)CCCCCCCCCCCCCCC)COC(OCC[N+](C)(C)C)C(=O)[O-]. The molecule has 0 N–H and O–H groups in total. The Hall–Kier alpha value is -1.71. The lowest BCUT2D eigenvalue weighted by Gasteiger charge is -2.26. The Kier molecular flexibility index (Phi) is 53.2. The molecule has 0 aromatic rings. The average molecular weight is 1010 g/mol. The van der Waals surface area contributed by atoms with Gasteiger partial charge in [0.15, 0.2) is 12.4 Å². The number of aliphatic carboxylic acids is 1. The maximum Gasteiger partial charge on any atom is 0.306 e. The van der Waals surface area contributed by atoms with Crippen molar-refractivity contribution in [3.63, 3.8) is 0 Å². The number of hydrogen-bond donors (Lipinski definition) is 0. The lowest BCUT2D eigenvalue weighted by atomic mass is 10.0. The van der Waals surface area contributed by atoms with Gasteiger partial charge in [-0.3, -0.25) is 9.59 Å². The van der Waals surface area contributed by atoms with Crippen molar-refractivity contribution in [1.82, 2.24) is 0 Å². The zero-order valence-electron chi connectivity index (χ0n) is 48.1. The van der Waals surface area contributed by atoms with Crippen LogP contribution < -0.4 is 5.11 Å². The number of carboxylic acids is 1. The Labute approximate surface area is 441 Å². The van der Waals surface area contributed by atoms with Gasteiger partial charge in [0.05, 0.1) is 40.3 Å². The maximum atomic E-state index is 12.9. The fourth-order valence-corrected chi connectivity index (χ4v) is 9.54. The van der Waals surface area contributed by atoms with E-state index >= 15 is 0 Å². The predicted molar refractivity (Wildman–Crippen MR) is 297 cm³/mol. The minimum atomic E-state index is -1.61. The van der Waals surface area contributed by atoms with Crippen LogP contribution in [0.1, 0.15) is 322 Å². The Morgan fingerprint density at radius 3 is 0.901 bits per heavy atom. The van der Waals surface area contributed by atoms with Gasteiger partial charge in [0.2, 0.25) is 0 Å². The molecule has 0 aromatic heterocycles. The standard InChI is InChI=1S/C62H121NO8/c1-6-8-10-12-14-16-18-20-21-22-23-24-25-26-27-28-29-30-31-32-33-34-35-36-37-38-39-41-43-45-47-49-51-53-60(65)71-58(57-70-62(61(66)67)68-55-54-63(3,4)5)56-69-59(64)52-50-48-46-44-42-40-19-17-15-13-11-9-7-2/h58,62H,6-57H2,1-5H3. The summed E-state index contributed by atoms with van der Waals surface area (Å²) in [6.45, 7) is 4.81. The third-order valence-electron chi connectivity index (χ3n) is 14.4. The summed E-state index contributed by atoms with van der Waals surface area (Å²) in [6, 6.07) is 0. The molecule has 0 heterocycles. The van der Waals surface area contributed by atoms with Gasteiger partial charge in [-0.15, -0.1) is 0 Å². The molecule has 0 bridgehead atoms. The van der Waals surface area contributed by atoms with Crippen molar-refractivity contribution in [3.05, 3.63) is 0 Å². The number of carbonyl (C=O) groups is 3. The van der Waals surface area contributed by atoms with Gasteiger partial charge >= 0.3 is 11.9 Å². The van der Waals surface area contributed by atoms with Crippen molar-refractivity contribution in [3.8, 4) is 0 Å². The molecule has 0 saturated carbocycles. The Balaban J connectivity index is 3.98. The smallest absolute Gasteiger partial charge is 0.306 e. The second kappa shape index (κ2) is 54.5. The van der Waals surface area contributed by atoms with Crippen molar-refractivity contribution in [2.75, 3.05) is 47.5 Å². The Morgan fingerprint density at radius 1 is 0.366 bits per heavy atom. The van der Waals surface area contributed by atoms with Crippen LogP contribution in [0.3, 0.4) is 0 Å². The number of esters is 2. The summed E-state index contributed by atoms with van der Waals surface area (Å²) in [4.78, 5) is 37.2. The zero-order chi connectivity index (χ0) is 52.0. The van der Waals surface area contributed by atoms with Crippen LogP contribution in [0.15, 0.2) is 0 Å². The van der Waals surface area contributed by atoms with E-state index in [1.54, 1.807) is 0 Å². The average Bonchev–Trinajstić information content (AvgIpc) is 3.34. The highest BCUT2D eigenvalue weighted by molar-refractivity contribution is 5.70. The molecule has 0 amide bonds. The van der Waals surface area contributed by atoms with Gasteiger partial charge in [0.25, 0.3) is 0 Å². The molecular weight excluding hydrogens is 887 g/mol. The summed E-state index contributed by atoms with van der Waals surface area (Å²) in [5, 5.41) is 11.8. The van der Waals surface area contributed by atoms with Gasteiger partial charge in [-0.05, 0) is 12.8 Å². The number of hydrogen-bond acceptors (Lipinski definition) is 8. The van der Waals surface area contributed by atoms with Crippen molar-refractivity contribution < 1.29 is 42.9 Å². The van der Waals surface area contributed by atoms with Crippen LogP contribution in [0, 0.1) is 0 Å². The molecular formula is C62H121NO8. The van der Waals surface area contributed by atoms with E-state index in [0.29, 0.717) is 17.4 Å². The highest BCUT2D eigenvalue weighted by atomic mass is 16.7. The number of carboxylic acid groups (broad SMARTS) is 1. The molecule has 0 aliphatic rings. The fourth-order valence-electron chi connectivity index (χ4n) is 9.54. The first-order valence-corrected chi connectivity index (χ1v) is 31.2. The number of nitrogens with zero attached hydrogens (tertiary/aromatic N) is 1. The number of quaternary nitrogens is 1. The summed E-state index contributed by atoms with van der Waals surface area (Å²) in [7, 11) is 5.93. The molecule has 0 radical (unpaired) electrons. The molecule has 0 rings (SSSR count). The Morgan fingerprint density at radius 2 is 0.634 bits per heavy atom. The van der Waals surface area contributed by atoms with Crippen LogP contribution >= 0.6 is 0 Å². The van der Waals surface area contributed by atoms with Crippen LogP contribution in [-0.4, -0.2) is 82.3 Å². The van der Waals surface area contributed by atoms with Gasteiger partial charge in [0.1, 0.15) is 13.2 Å². The second-order valence-corrected chi connectivity index (χ2v) is 22.7. The number of carbonyl (C=O) groups excluding carboxylic acids is 3. The Bertz CT molecular complexity index is 1130. The minimum Gasteiger partial charge on any atom is -0.545 e. The van der Waals surface area contributed by atoms with Crippen LogP contribution in [0.5, 0.6) is 0 Å². The first-order valence-electron chi connectivity index (χ1n) is 31.2. The van der Waals surface area contributed by atoms with E-state index in [1.165, 1.54) is 257 Å². The molecule has 0 aliphatic heterocycles. The topological polar surface area (TPSA) is 111 Å². The highest BCUT2D eigenvalue weighted by Crippen LogP contribution is 2.19. The van der Waals surface area contributed by atoms with Crippen LogP contribution in [0.25, 0.3) is 0 Å². The van der Waals surface area contributed by atoms with Gasteiger partial charge < -0.3 is 33.3 Å². The quantitative estimate of drug-likeness (QED) is 0.0256. The molecule has 0 fully saturated rings. The molecule has 0 spiro atoms. The maximum absolute atomic E-state index is 12.9. The number of likely N-dealkylation sites (N-methyl/N-ethyl adjacent to an activating group) is 1. The zero-order valence-corrected chi connectivity index (χ0v) is 48.1. The molecule has 71 heavy (non-hydrogen) atoms. The van der Waals surface area contributed by atoms with Crippen molar-refractivity contribution >= 4 is 17.9 Å². The van der Waals surface area contributed by atoms with Gasteiger partial charge in [-0.2, -0.15) is 0 Å². The minimum absolute atomic E-state index is 0.153. The summed E-state index contributed by atoms with van der Waals surface area (Å²) in [5.74, 6) is -2.25. The van der Waals surface area contributed by atoms with Crippen LogP contribution in [0.4, 0.5) is 0 Å². The number of ether oxygens (including phenoxy) is 4. The second-order valence-electron chi connectivity index (χ2n) is 22.7. The molecule has 2 atom stereocenters.